The number of ether oxygens (including phenoxy) is 1. The smallest absolute Gasteiger partial charge is 0.410 e. The van der Waals surface area contributed by atoms with Crippen LogP contribution in [0.2, 0.25) is 0 Å². The van der Waals surface area contributed by atoms with Gasteiger partial charge in [-0.25, -0.2) is 4.79 Å². The second-order valence-corrected chi connectivity index (χ2v) is 4.70. The van der Waals surface area contributed by atoms with Gasteiger partial charge in [-0.2, -0.15) is 0 Å². The van der Waals surface area contributed by atoms with Crippen LogP contribution in [-0.2, 0) is 11.3 Å². The predicted octanol–water partition coefficient (Wildman–Crippen LogP) is 4.33. The van der Waals surface area contributed by atoms with Crippen LogP contribution in [0.15, 0.2) is 30.3 Å². The number of piperidine rings is 1. The number of fused-ring (bicyclic) bond motifs is 1. The second-order valence-electron chi connectivity index (χ2n) is 4.70. The average molecular weight is 277 g/mol. The lowest BCUT2D eigenvalue weighted by molar-refractivity contribution is 0.100. The molecule has 2 unspecified atom stereocenters. The molecule has 0 radical (unpaired) electrons. The molecule has 1 aromatic carbocycles. The van der Waals surface area contributed by atoms with Crippen molar-refractivity contribution in [2.45, 2.75) is 40.7 Å². The van der Waals surface area contributed by atoms with Crippen molar-refractivity contribution in [2.24, 2.45) is 11.8 Å². The molecule has 0 N–H and O–H groups in total. The minimum absolute atomic E-state index is 0.156. The van der Waals surface area contributed by atoms with Gasteiger partial charge in [0.2, 0.25) is 0 Å². The molecule has 0 spiro atoms. The van der Waals surface area contributed by atoms with Crippen LogP contribution in [0.4, 0.5) is 4.79 Å². The summed E-state index contributed by atoms with van der Waals surface area (Å²) in [5.41, 5.74) is 1.04. The molecule has 112 valence electrons. The summed E-state index contributed by atoms with van der Waals surface area (Å²) in [6.45, 7) is 10.2. The van der Waals surface area contributed by atoms with E-state index in [1.807, 2.05) is 62.9 Å². The Morgan fingerprint density at radius 3 is 2.20 bits per heavy atom. The Kier molecular flexibility index (Phi) is 7.13. The first-order valence-electron chi connectivity index (χ1n) is 7.78. The standard InChI is InChI=1S/C13H15NO2.2C2H6/c15-13(14-7-11-6-12(11)8-14)16-9-10-4-2-1-3-5-10;2*1-2/h1-5,11-12H,6-9H2;2*1-2H3. The van der Waals surface area contributed by atoms with Crippen molar-refractivity contribution in [2.75, 3.05) is 13.1 Å². The van der Waals surface area contributed by atoms with E-state index in [4.69, 9.17) is 4.74 Å². The van der Waals surface area contributed by atoms with E-state index < -0.39 is 0 Å². The van der Waals surface area contributed by atoms with Crippen LogP contribution in [0.5, 0.6) is 0 Å². The van der Waals surface area contributed by atoms with Crippen LogP contribution in [0.25, 0.3) is 0 Å². The third-order valence-corrected chi connectivity index (χ3v) is 3.44. The molecular weight excluding hydrogens is 250 g/mol. The number of hydrogen-bond donors (Lipinski definition) is 0. The average Bonchev–Trinajstić information content (AvgIpc) is 3.16. The lowest BCUT2D eigenvalue weighted by Gasteiger charge is -2.17. The summed E-state index contributed by atoms with van der Waals surface area (Å²) in [5, 5.41) is 0. The molecule has 3 heteroatoms. The van der Waals surface area contributed by atoms with Crippen molar-refractivity contribution in [1.82, 2.24) is 4.90 Å². The van der Waals surface area contributed by atoms with Gasteiger partial charge in [0.15, 0.2) is 0 Å². The highest BCUT2D eigenvalue weighted by Crippen LogP contribution is 2.44. The van der Waals surface area contributed by atoms with Gasteiger partial charge in [0, 0.05) is 13.1 Å². The number of nitrogens with zero attached hydrogens (tertiary/aromatic N) is 1. The monoisotopic (exact) mass is 277 g/mol. The fourth-order valence-electron chi connectivity index (χ4n) is 2.36. The number of carbonyl (C=O) groups excluding carboxylic acids is 1. The number of hydrogen-bond acceptors (Lipinski definition) is 2. The molecule has 1 amide bonds. The summed E-state index contributed by atoms with van der Waals surface area (Å²) in [4.78, 5) is 13.5. The first-order chi connectivity index (χ1) is 9.83. The molecule has 1 aliphatic heterocycles. The molecule has 2 fully saturated rings. The van der Waals surface area contributed by atoms with E-state index in [1.54, 1.807) is 0 Å². The van der Waals surface area contributed by atoms with Crippen LogP contribution in [-0.4, -0.2) is 24.1 Å². The van der Waals surface area contributed by atoms with E-state index in [9.17, 15) is 4.79 Å². The van der Waals surface area contributed by atoms with E-state index in [1.165, 1.54) is 6.42 Å². The predicted molar refractivity (Wildman–Crippen MR) is 82.5 cm³/mol. The Balaban J connectivity index is 0.000000461. The number of likely N-dealkylation sites (tertiary alicyclic amines) is 1. The van der Waals surface area contributed by atoms with Gasteiger partial charge in [0.1, 0.15) is 6.61 Å². The highest BCUT2D eigenvalue weighted by Gasteiger charge is 2.47. The van der Waals surface area contributed by atoms with Crippen molar-refractivity contribution >= 4 is 6.09 Å². The first-order valence-corrected chi connectivity index (χ1v) is 7.78. The zero-order chi connectivity index (χ0) is 15.0. The second kappa shape index (κ2) is 8.62. The third kappa shape index (κ3) is 4.55. The highest BCUT2D eigenvalue weighted by molar-refractivity contribution is 5.68. The summed E-state index contributed by atoms with van der Waals surface area (Å²) < 4.78 is 5.27. The minimum atomic E-state index is -0.156. The van der Waals surface area contributed by atoms with E-state index in [0.29, 0.717) is 6.61 Å². The van der Waals surface area contributed by atoms with E-state index >= 15 is 0 Å². The molecule has 3 rings (SSSR count). The molecule has 1 aromatic rings. The summed E-state index contributed by atoms with van der Waals surface area (Å²) in [5.74, 6) is 1.54. The van der Waals surface area contributed by atoms with Gasteiger partial charge in [0.05, 0.1) is 0 Å². The van der Waals surface area contributed by atoms with Crippen molar-refractivity contribution in [3.63, 3.8) is 0 Å². The SMILES string of the molecule is CC.CC.O=C(OCc1ccccc1)N1CC2CC2C1. The van der Waals surface area contributed by atoms with Gasteiger partial charge in [-0.15, -0.1) is 0 Å². The molecule has 1 heterocycles. The number of carbonyl (C=O) groups is 1. The van der Waals surface area contributed by atoms with Crippen LogP contribution in [0.3, 0.4) is 0 Å². The molecule has 2 atom stereocenters. The lowest BCUT2D eigenvalue weighted by Crippen LogP contribution is -2.30. The quantitative estimate of drug-likeness (QED) is 0.805. The van der Waals surface area contributed by atoms with Crippen molar-refractivity contribution in [1.29, 1.82) is 0 Å². The fraction of sp³-hybridized carbons (Fsp3) is 0.588. The van der Waals surface area contributed by atoms with Gasteiger partial charge in [0.25, 0.3) is 0 Å². The van der Waals surface area contributed by atoms with E-state index in [2.05, 4.69) is 0 Å². The third-order valence-electron chi connectivity index (χ3n) is 3.44. The van der Waals surface area contributed by atoms with E-state index in [-0.39, 0.29) is 6.09 Å². The largest absolute Gasteiger partial charge is 0.445 e. The zero-order valence-electron chi connectivity index (χ0n) is 13.1. The molecule has 0 aromatic heterocycles. The normalized spacial score (nSPS) is 21.7. The van der Waals surface area contributed by atoms with Crippen molar-refractivity contribution < 1.29 is 9.53 Å². The molecular formula is C17H27NO2. The van der Waals surface area contributed by atoms with Crippen LogP contribution < -0.4 is 0 Å². The molecule has 2 aliphatic rings. The molecule has 3 nitrogen and oxygen atoms in total. The van der Waals surface area contributed by atoms with Crippen molar-refractivity contribution in [3.8, 4) is 0 Å². The summed E-state index contributed by atoms with van der Waals surface area (Å²) in [7, 11) is 0. The van der Waals surface area contributed by atoms with Crippen molar-refractivity contribution in [3.05, 3.63) is 35.9 Å². The fourth-order valence-corrected chi connectivity index (χ4v) is 2.36. The number of amides is 1. The number of rotatable bonds is 2. The Bertz CT molecular complexity index is 381. The van der Waals surface area contributed by atoms with Gasteiger partial charge >= 0.3 is 6.09 Å². The molecule has 1 aliphatic carbocycles. The van der Waals surface area contributed by atoms with Crippen LogP contribution in [0.1, 0.15) is 39.7 Å². The van der Waals surface area contributed by atoms with Gasteiger partial charge < -0.3 is 9.64 Å². The summed E-state index contributed by atoms with van der Waals surface area (Å²) >= 11 is 0. The Hall–Kier alpha value is -1.51. The maximum atomic E-state index is 11.7. The van der Waals surface area contributed by atoms with Crippen LogP contribution >= 0.6 is 0 Å². The number of benzene rings is 1. The maximum absolute atomic E-state index is 11.7. The van der Waals surface area contributed by atoms with Gasteiger partial charge in [-0.3, -0.25) is 0 Å². The zero-order valence-corrected chi connectivity index (χ0v) is 13.1. The van der Waals surface area contributed by atoms with Gasteiger partial charge in [-0.05, 0) is 23.8 Å². The highest BCUT2D eigenvalue weighted by atomic mass is 16.6. The maximum Gasteiger partial charge on any atom is 0.410 e. The first kappa shape index (κ1) is 16.5. The lowest BCUT2D eigenvalue weighted by atomic mass is 10.2. The van der Waals surface area contributed by atoms with Crippen LogP contribution in [0, 0.1) is 11.8 Å². The molecule has 20 heavy (non-hydrogen) atoms. The Morgan fingerprint density at radius 2 is 1.65 bits per heavy atom. The topological polar surface area (TPSA) is 29.5 Å². The molecule has 0 bridgehead atoms. The molecule has 1 saturated heterocycles. The summed E-state index contributed by atoms with van der Waals surface area (Å²) in [6.07, 6.45) is 1.15. The van der Waals surface area contributed by atoms with Gasteiger partial charge in [-0.1, -0.05) is 58.0 Å². The summed E-state index contributed by atoms with van der Waals surface area (Å²) in [6, 6.07) is 9.80. The molecule has 1 saturated carbocycles. The Morgan fingerprint density at radius 1 is 1.10 bits per heavy atom. The van der Waals surface area contributed by atoms with E-state index in [0.717, 1.165) is 30.5 Å². The minimum Gasteiger partial charge on any atom is -0.445 e. The Labute approximate surface area is 122 Å².